The van der Waals surface area contributed by atoms with Crippen LogP contribution in [-0.2, 0) is 21.4 Å². The van der Waals surface area contributed by atoms with Crippen molar-refractivity contribution in [3.05, 3.63) is 59.7 Å². The van der Waals surface area contributed by atoms with Crippen LogP contribution in [0.2, 0.25) is 0 Å². The molecule has 0 saturated carbocycles. The van der Waals surface area contributed by atoms with Crippen molar-refractivity contribution in [3.8, 4) is 11.8 Å². The van der Waals surface area contributed by atoms with Gasteiger partial charge in [0.15, 0.2) is 0 Å². The zero-order valence-corrected chi connectivity index (χ0v) is 19.3. The maximum atomic E-state index is 13.3. The number of rotatable bonds is 7. The molecule has 1 fully saturated rings. The summed E-state index contributed by atoms with van der Waals surface area (Å²) < 4.78 is 72.1. The number of nitriles is 1. The van der Waals surface area contributed by atoms with Gasteiger partial charge in [-0.1, -0.05) is 12.1 Å². The standard InChI is InChI=1S/C23H24F3N3O4S/c1-33-20-8-10-21(11-9-20)34(31,32)29-12-2-3-19(15-29)22(30)28(16-23(24,25)26)14-18-6-4-17(13-27)5-7-18/h4-11,19H,2-3,12,14-16H2,1H3. The highest BCUT2D eigenvalue weighted by Gasteiger charge is 2.39. The number of methoxy groups -OCH3 is 1. The van der Waals surface area contributed by atoms with Crippen molar-refractivity contribution in [2.45, 2.75) is 30.5 Å². The summed E-state index contributed by atoms with van der Waals surface area (Å²) >= 11 is 0. The quantitative estimate of drug-likeness (QED) is 0.586. The minimum Gasteiger partial charge on any atom is -0.497 e. The van der Waals surface area contributed by atoms with E-state index in [1.807, 2.05) is 6.07 Å². The number of hydrogen-bond donors (Lipinski definition) is 0. The highest BCUT2D eigenvalue weighted by atomic mass is 32.2. The van der Waals surface area contributed by atoms with Crippen LogP contribution in [0, 0.1) is 17.2 Å². The molecule has 1 aliphatic heterocycles. The molecule has 1 amide bonds. The van der Waals surface area contributed by atoms with Crippen LogP contribution in [0.5, 0.6) is 5.75 Å². The lowest BCUT2D eigenvalue weighted by Gasteiger charge is -2.34. The van der Waals surface area contributed by atoms with Crippen molar-refractivity contribution in [3.63, 3.8) is 0 Å². The summed E-state index contributed by atoms with van der Waals surface area (Å²) in [5.41, 5.74) is 0.791. The van der Waals surface area contributed by atoms with Crippen LogP contribution in [0.4, 0.5) is 13.2 Å². The fourth-order valence-electron chi connectivity index (χ4n) is 3.85. The maximum Gasteiger partial charge on any atom is 0.406 e. The summed E-state index contributed by atoms with van der Waals surface area (Å²) in [6.07, 6.45) is -3.98. The Labute approximate surface area is 196 Å². The predicted molar refractivity (Wildman–Crippen MR) is 117 cm³/mol. The van der Waals surface area contributed by atoms with Crippen LogP contribution in [0.15, 0.2) is 53.4 Å². The highest BCUT2D eigenvalue weighted by molar-refractivity contribution is 7.89. The average Bonchev–Trinajstić information content (AvgIpc) is 2.83. The number of carbonyl (C=O) groups is 1. The molecule has 1 atom stereocenters. The molecule has 1 heterocycles. The number of sulfonamides is 1. The average molecular weight is 496 g/mol. The second-order valence-electron chi connectivity index (χ2n) is 8.00. The van der Waals surface area contributed by atoms with Crippen molar-refractivity contribution >= 4 is 15.9 Å². The van der Waals surface area contributed by atoms with Crippen molar-refractivity contribution < 1.29 is 31.1 Å². The van der Waals surface area contributed by atoms with E-state index in [1.54, 1.807) is 0 Å². The summed E-state index contributed by atoms with van der Waals surface area (Å²) in [6, 6.07) is 13.6. The Morgan fingerprint density at radius 1 is 1.18 bits per heavy atom. The Balaban J connectivity index is 1.79. The molecular formula is C23H24F3N3O4S. The number of ether oxygens (including phenoxy) is 1. The molecule has 3 rings (SSSR count). The predicted octanol–water partition coefficient (Wildman–Crippen LogP) is 3.56. The molecule has 0 spiro atoms. The number of benzene rings is 2. The molecular weight excluding hydrogens is 471 g/mol. The van der Waals surface area contributed by atoms with Gasteiger partial charge in [0.1, 0.15) is 12.3 Å². The SMILES string of the molecule is COc1ccc(S(=O)(=O)N2CCCC(C(=O)N(Cc3ccc(C#N)cc3)CC(F)(F)F)C2)cc1. The monoisotopic (exact) mass is 495 g/mol. The number of amides is 1. The first kappa shape index (κ1) is 25.5. The number of alkyl halides is 3. The highest BCUT2D eigenvalue weighted by Crippen LogP contribution is 2.28. The molecule has 34 heavy (non-hydrogen) atoms. The molecule has 0 aromatic heterocycles. The van der Waals surface area contributed by atoms with E-state index >= 15 is 0 Å². The second kappa shape index (κ2) is 10.4. The Bertz CT molecular complexity index is 1140. The molecule has 1 saturated heterocycles. The summed E-state index contributed by atoms with van der Waals surface area (Å²) in [7, 11) is -2.47. The summed E-state index contributed by atoms with van der Waals surface area (Å²) in [4.78, 5) is 13.9. The third-order valence-corrected chi connectivity index (χ3v) is 7.45. The van der Waals surface area contributed by atoms with Gasteiger partial charge >= 0.3 is 6.18 Å². The second-order valence-corrected chi connectivity index (χ2v) is 9.93. The van der Waals surface area contributed by atoms with Gasteiger partial charge in [0, 0.05) is 19.6 Å². The van der Waals surface area contributed by atoms with Gasteiger partial charge in [0.2, 0.25) is 15.9 Å². The molecule has 2 aromatic carbocycles. The number of piperidine rings is 1. The van der Waals surface area contributed by atoms with Crippen molar-refractivity contribution in [1.29, 1.82) is 5.26 Å². The van der Waals surface area contributed by atoms with Gasteiger partial charge in [-0.3, -0.25) is 4.79 Å². The number of nitrogens with zero attached hydrogens (tertiary/aromatic N) is 3. The topological polar surface area (TPSA) is 90.7 Å². The van der Waals surface area contributed by atoms with Gasteiger partial charge in [-0.05, 0) is 54.8 Å². The van der Waals surface area contributed by atoms with Gasteiger partial charge in [-0.25, -0.2) is 8.42 Å². The lowest BCUT2D eigenvalue weighted by atomic mass is 9.97. The van der Waals surface area contributed by atoms with E-state index in [0.29, 0.717) is 28.2 Å². The van der Waals surface area contributed by atoms with E-state index in [2.05, 4.69) is 0 Å². The van der Waals surface area contributed by atoms with E-state index in [-0.39, 0.29) is 31.0 Å². The van der Waals surface area contributed by atoms with Crippen molar-refractivity contribution in [2.75, 3.05) is 26.7 Å². The molecule has 7 nitrogen and oxygen atoms in total. The van der Waals surface area contributed by atoms with Gasteiger partial charge in [0.05, 0.1) is 29.6 Å². The lowest BCUT2D eigenvalue weighted by molar-refractivity contribution is -0.165. The van der Waals surface area contributed by atoms with E-state index in [1.165, 1.54) is 55.6 Å². The Kier molecular flexibility index (Phi) is 7.84. The van der Waals surface area contributed by atoms with Crippen LogP contribution in [-0.4, -0.2) is 56.5 Å². The van der Waals surface area contributed by atoms with Crippen molar-refractivity contribution in [1.82, 2.24) is 9.21 Å². The third-order valence-electron chi connectivity index (χ3n) is 5.57. The minimum absolute atomic E-state index is 0.0196. The molecule has 1 aliphatic rings. The zero-order valence-electron chi connectivity index (χ0n) is 18.5. The van der Waals surface area contributed by atoms with E-state index in [0.717, 1.165) is 4.31 Å². The smallest absolute Gasteiger partial charge is 0.406 e. The molecule has 0 radical (unpaired) electrons. The van der Waals surface area contributed by atoms with Crippen molar-refractivity contribution in [2.24, 2.45) is 5.92 Å². The Morgan fingerprint density at radius 2 is 1.82 bits per heavy atom. The molecule has 0 bridgehead atoms. The van der Waals surface area contributed by atoms with Crippen LogP contribution in [0.1, 0.15) is 24.0 Å². The first-order valence-corrected chi connectivity index (χ1v) is 12.0. The van der Waals surface area contributed by atoms with Crippen LogP contribution in [0.3, 0.4) is 0 Å². The normalized spacial score (nSPS) is 17.1. The summed E-state index contributed by atoms with van der Waals surface area (Å²) in [6.45, 7) is -1.78. The first-order chi connectivity index (χ1) is 16.0. The van der Waals surface area contributed by atoms with E-state index < -0.39 is 34.6 Å². The maximum absolute atomic E-state index is 13.3. The van der Waals surface area contributed by atoms with Gasteiger partial charge in [-0.2, -0.15) is 22.7 Å². The van der Waals surface area contributed by atoms with Gasteiger partial charge < -0.3 is 9.64 Å². The summed E-state index contributed by atoms with van der Waals surface area (Å²) in [5.74, 6) is -1.17. The largest absolute Gasteiger partial charge is 0.497 e. The number of halogens is 3. The Morgan fingerprint density at radius 3 is 2.38 bits per heavy atom. The van der Waals surface area contributed by atoms with Crippen LogP contribution >= 0.6 is 0 Å². The van der Waals surface area contributed by atoms with Crippen LogP contribution in [0.25, 0.3) is 0 Å². The van der Waals surface area contributed by atoms with E-state index in [9.17, 15) is 26.4 Å². The molecule has 11 heteroatoms. The lowest BCUT2D eigenvalue weighted by Crippen LogP contribution is -2.48. The van der Waals surface area contributed by atoms with Gasteiger partial charge in [0.25, 0.3) is 0 Å². The molecule has 0 aliphatic carbocycles. The first-order valence-electron chi connectivity index (χ1n) is 10.5. The van der Waals surface area contributed by atoms with Gasteiger partial charge in [-0.15, -0.1) is 0 Å². The summed E-state index contributed by atoms with van der Waals surface area (Å²) in [5, 5.41) is 8.90. The fraction of sp³-hybridized carbons (Fsp3) is 0.391. The fourth-order valence-corrected chi connectivity index (χ4v) is 5.37. The molecule has 2 aromatic rings. The molecule has 0 N–H and O–H groups in total. The zero-order chi connectivity index (χ0) is 24.9. The molecule has 182 valence electrons. The number of carbonyl (C=O) groups excluding carboxylic acids is 1. The minimum atomic E-state index is -4.62. The van der Waals surface area contributed by atoms with E-state index in [4.69, 9.17) is 10.00 Å². The molecule has 1 unspecified atom stereocenters. The van der Waals surface area contributed by atoms with Crippen LogP contribution < -0.4 is 4.74 Å². The third kappa shape index (κ3) is 6.27. The Hall–Kier alpha value is -3.10. The number of hydrogen-bond acceptors (Lipinski definition) is 5.